The number of carbonyl (C=O) groups excluding carboxylic acids is 1. The molecule has 1 atom stereocenters. The molecular formula is C29H30F4N8O3. The molecular weight excluding hydrogens is 584 g/mol. The van der Waals surface area contributed by atoms with E-state index in [0.717, 1.165) is 24.7 Å². The fourth-order valence-corrected chi connectivity index (χ4v) is 5.55. The van der Waals surface area contributed by atoms with Crippen molar-refractivity contribution >= 4 is 11.9 Å². The van der Waals surface area contributed by atoms with Crippen LogP contribution < -0.4 is 14.4 Å². The third-order valence-electron chi connectivity index (χ3n) is 7.89. The summed E-state index contributed by atoms with van der Waals surface area (Å²) in [6.07, 6.45) is -0.348. The summed E-state index contributed by atoms with van der Waals surface area (Å²) < 4.78 is 70.4. The third-order valence-corrected chi connectivity index (χ3v) is 7.89. The Balaban J connectivity index is 1.42. The molecule has 44 heavy (non-hydrogen) atoms. The molecule has 4 aromatic rings. The summed E-state index contributed by atoms with van der Waals surface area (Å²) in [5.41, 5.74) is 0.334. The lowest BCUT2D eigenvalue weighted by Crippen LogP contribution is -2.40. The van der Waals surface area contributed by atoms with Crippen LogP contribution in [-0.4, -0.2) is 54.4 Å². The van der Waals surface area contributed by atoms with Gasteiger partial charge in [-0.2, -0.15) is 18.2 Å². The molecule has 1 unspecified atom stereocenters. The second kappa shape index (κ2) is 10.9. The maximum atomic E-state index is 16.1. The number of fused-ring (bicyclic) bond motifs is 1. The van der Waals surface area contributed by atoms with Crippen molar-refractivity contribution in [2.75, 3.05) is 19.1 Å². The minimum atomic E-state index is -4.71. The summed E-state index contributed by atoms with van der Waals surface area (Å²) in [5, 5.41) is 4.67. The van der Waals surface area contributed by atoms with Crippen molar-refractivity contribution in [3.63, 3.8) is 0 Å². The lowest BCUT2D eigenvalue weighted by atomic mass is 10.0. The maximum absolute atomic E-state index is 16.1. The first-order chi connectivity index (χ1) is 20.9. The largest absolute Gasteiger partial charge is 0.493 e. The van der Waals surface area contributed by atoms with Gasteiger partial charge in [-0.25, -0.2) is 24.0 Å². The molecule has 1 aliphatic carbocycles. The molecule has 1 aromatic carbocycles. The van der Waals surface area contributed by atoms with Gasteiger partial charge in [0, 0.05) is 30.1 Å². The number of ether oxygens (including phenoxy) is 2. The Bertz CT molecular complexity index is 1740. The number of aryl methyl sites for hydroxylation is 1. The summed E-state index contributed by atoms with van der Waals surface area (Å²) in [7, 11) is 2.76. The minimum absolute atomic E-state index is 0.118. The SMILES string of the molecule is COc1ncnc(C2CC2)c1-c1nc2n(n1)CCC(=O)N2C(C)c1ccc(-c2nc(C(F)(F)F)cn2C(C)C)c(F)c1OC. The number of alkyl halides is 3. The van der Waals surface area contributed by atoms with Gasteiger partial charge >= 0.3 is 6.18 Å². The number of halogens is 4. The van der Waals surface area contributed by atoms with E-state index in [0.29, 0.717) is 17.3 Å². The van der Waals surface area contributed by atoms with Crippen LogP contribution in [-0.2, 0) is 17.5 Å². The standard InChI is InChI=1S/C29H30F4N8O3/c1-14(2)39-12-19(29(31,32)33)36-26(39)18-9-8-17(24(43-4)22(18)30)15(3)41-20(42)10-11-40-28(41)37-25(38-40)21-23(16-6-7-16)34-13-35-27(21)44-5/h8-9,12-16H,6-7,10-11H2,1-5H3. The molecule has 3 aromatic heterocycles. The van der Waals surface area contributed by atoms with Gasteiger partial charge in [0.2, 0.25) is 17.7 Å². The number of methoxy groups -OCH3 is 2. The Labute approximate surface area is 249 Å². The quantitative estimate of drug-likeness (QED) is 0.231. The van der Waals surface area contributed by atoms with Gasteiger partial charge in [-0.1, -0.05) is 6.07 Å². The van der Waals surface area contributed by atoms with E-state index in [4.69, 9.17) is 14.5 Å². The van der Waals surface area contributed by atoms with E-state index in [1.165, 1.54) is 42.1 Å². The predicted molar refractivity (Wildman–Crippen MR) is 150 cm³/mol. The van der Waals surface area contributed by atoms with Gasteiger partial charge in [0.15, 0.2) is 23.1 Å². The normalized spacial score (nSPS) is 16.0. The van der Waals surface area contributed by atoms with E-state index in [2.05, 4.69) is 20.1 Å². The molecule has 1 fully saturated rings. The summed E-state index contributed by atoms with van der Waals surface area (Å²) in [6.45, 7) is 5.32. The smallest absolute Gasteiger partial charge is 0.434 e. The summed E-state index contributed by atoms with van der Waals surface area (Å²) in [5.74, 6) is -0.461. The molecule has 1 saturated carbocycles. The van der Waals surface area contributed by atoms with E-state index in [9.17, 15) is 18.0 Å². The van der Waals surface area contributed by atoms with Crippen LogP contribution in [0.4, 0.5) is 23.5 Å². The average molecular weight is 615 g/mol. The molecule has 0 bridgehead atoms. The van der Waals surface area contributed by atoms with Gasteiger partial charge in [-0.15, -0.1) is 5.10 Å². The second-order valence-electron chi connectivity index (χ2n) is 11.1. The van der Waals surface area contributed by atoms with Crippen LogP contribution >= 0.6 is 0 Å². The molecule has 6 rings (SSSR count). The highest BCUT2D eigenvalue weighted by atomic mass is 19.4. The van der Waals surface area contributed by atoms with E-state index in [-0.39, 0.29) is 53.4 Å². The number of imidazole rings is 1. The number of amides is 1. The molecule has 11 nitrogen and oxygen atoms in total. The Morgan fingerprint density at radius 2 is 1.80 bits per heavy atom. The highest BCUT2D eigenvalue weighted by molar-refractivity contribution is 5.94. The zero-order valence-electron chi connectivity index (χ0n) is 24.7. The van der Waals surface area contributed by atoms with Gasteiger partial charge in [0.25, 0.3) is 0 Å². The lowest BCUT2D eigenvalue weighted by Gasteiger charge is -2.32. The molecule has 0 radical (unpaired) electrons. The number of hydrogen-bond donors (Lipinski definition) is 0. The number of carbonyl (C=O) groups is 1. The van der Waals surface area contributed by atoms with Crippen LogP contribution in [0.2, 0.25) is 0 Å². The molecule has 1 amide bonds. The molecule has 0 saturated heterocycles. The van der Waals surface area contributed by atoms with Crippen LogP contribution in [0.25, 0.3) is 22.8 Å². The van der Waals surface area contributed by atoms with E-state index >= 15 is 4.39 Å². The summed E-state index contributed by atoms with van der Waals surface area (Å²) >= 11 is 0. The topological polar surface area (TPSA) is 113 Å². The van der Waals surface area contributed by atoms with Crippen LogP contribution in [0.5, 0.6) is 11.6 Å². The van der Waals surface area contributed by atoms with Crippen LogP contribution in [0.1, 0.15) is 75.0 Å². The van der Waals surface area contributed by atoms with Crippen molar-refractivity contribution in [1.82, 2.24) is 34.3 Å². The molecule has 0 spiro atoms. The van der Waals surface area contributed by atoms with Gasteiger partial charge in [0.1, 0.15) is 17.7 Å². The maximum Gasteiger partial charge on any atom is 0.434 e. The van der Waals surface area contributed by atoms with Gasteiger partial charge in [-0.3, -0.25) is 9.69 Å². The molecule has 232 valence electrons. The highest BCUT2D eigenvalue weighted by Gasteiger charge is 2.39. The number of benzene rings is 1. The molecule has 4 heterocycles. The van der Waals surface area contributed by atoms with Crippen molar-refractivity contribution < 1.29 is 31.8 Å². The Morgan fingerprint density at radius 1 is 1.05 bits per heavy atom. The summed E-state index contributed by atoms with van der Waals surface area (Å²) in [6, 6.07) is 1.66. The third kappa shape index (κ3) is 4.93. The fraction of sp³-hybridized carbons (Fsp3) is 0.448. The van der Waals surface area contributed by atoms with Crippen molar-refractivity contribution in [2.24, 2.45) is 0 Å². The minimum Gasteiger partial charge on any atom is -0.493 e. The van der Waals surface area contributed by atoms with E-state index in [1.807, 2.05) is 0 Å². The first kappa shape index (κ1) is 29.5. The zero-order valence-corrected chi connectivity index (χ0v) is 24.7. The zero-order chi connectivity index (χ0) is 31.5. The van der Waals surface area contributed by atoms with Crippen LogP contribution in [0.3, 0.4) is 0 Å². The second-order valence-corrected chi connectivity index (χ2v) is 11.1. The Hall–Kier alpha value is -4.56. The summed E-state index contributed by atoms with van der Waals surface area (Å²) in [4.78, 5) is 31.9. The first-order valence-corrected chi connectivity index (χ1v) is 14.1. The monoisotopic (exact) mass is 614 g/mol. The van der Waals surface area contributed by atoms with Crippen molar-refractivity contribution in [1.29, 1.82) is 0 Å². The van der Waals surface area contributed by atoms with Crippen molar-refractivity contribution in [3.8, 4) is 34.4 Å². The molecule has 0 N–H and O–H groups in total. The molecule has 1 aliphatic heterocycles. The highest BCUT2D eigenvalue weighted by Crippen LogP contribution is 2.46. The predicted octanol–water partition coefficient (Wildman–Crippen LogP) is 5.73. The van der Waals surface area contributed by atoms with E-state index in [1.54, 1.807) is 25.5 Å². The van der Waals surface area contributed by atoms with Crippen LogP contribution in [0, 0.1) is 5.82 Å². The first-order valence-electron chi connectivity index (χ1n) is 14.1. The fourth-order valence-electron chi connectivity index (χ4n) is 5.55. The molecule has 2 aliphatic rings. The van der Waals surface area contributed by atoms with Crippen molar-refractivity contribution in [3.05, 3.63) is 47.4 Å². The number of rotatable bonds is 8. The number of nitrogens with zero attached hydrogens (tertiary/aromatic N) is 8. The van der Waals surface area contributed by atoms with Gasteiger partial charge in [-0.05, 0) is 39.7 Å². The van der Waals surface area contributed by atoms with E-state index < -0.39 is 29.8 Å². The Morgan fingerprint density at radius 3 is 2.43 bits per heavy atom. The Kier molecular flexibility index (Phi) is 7.28. The van der Waals surface area contributed by atoms with Crippen LogP contribution in [0.15, 0.2) is 24.7 Å². The number of anilines is 1. The molecule has 15 heteroatoms. The lowest BCUT2D eigenvalue weighted by molar-refractivity contribution is -0.141. The average Bonchev–Trinajstić information content (AvgIpc) is 3.58. The number of hydrogen-bond acceptors (Lipinski definition) is 8. The van der Waals surface area contributed by atoms with Gasteiger partial charge < -0.3 is 14.0 Å². The van der Waals surface area contributed by atoms with Crippen molar-refractivity contribution in [2.45, 2.75) is 70.8 Å². The van der Waals surface area contributed by atoms with Gasteiger partial charge in [0.05, 0.1) is 38.1 Å². The number of aromatic nitrogens is 7.